The Labute approximate surface area is 54.6 Å². The number of allylic oxidation sites excluding steroid dienone is 2. The Morgan fingerprint density at radius 3 is 2.00 bits per heavy atom. The Hall–Kier alpha value is 0.0125. The molecule has 0 fully saturated rings. The predicted molar refractivity (Wildman–Crippen MR) is 40.0 cm³/mol. The second-order valence-electron chi connectivity index (χ2n) is 1.34. The van der Waals surface area contributed by atoms with E-state index in [0.29, 0.717) is 15.2 Å². The molecule has 0 spiro atoms. The molecular formula is C6H14Al. The van der Waals surface area contributed by atoms with Crippen LogP contribution in [-0.4, -0.2) is 15.2 Å². The van der Waals surface area contributed by atoms with E-state index in [1.165, 1.54) is 10.6 Å². The molecule has 0 bridgehead atoms. The summed E-state index contributed by atoms with van der Waals surface area (Å²) in [6.45, 7) is 7.24. The van der Waals surface area contributed by atoms with E-state index < -0.39 is 0 Å². The molecule has 0 atom stereocenters. The van der Waals surface area contributed by atoms with Crippen molar-refractivity contribution in [2.75, 3.05) is 0 Å². The summed E-state index contributed by atoms with van der Waals surface area (Å²) in [4.78, 5) is 0. The molecule has 7 heavy (non-hydrogen) atoms. The minimum atomic E-state index is 0. The smallest absolute Gasteiger partial charge is 0.106 e. The topological polar surface area (TPSA) is 0 Å². The second kappa shape index (κ2) is 6.01. The maximum atomic E-state index is 3.62. The standard InChI is InChI=1S/2C3H5.Al.2H2/c2*1-3-2;;;/h2*3H,1-2H2;;2*1H. The van der Waals surface area contributed by atoms with Gasteiger partial charge in [-0.15, -0.1) is 25.3 Å². The summed E-state index contributed by atoms with van der Waals surface area (Å²) in [7, 11) is 0. The van der Waals surface area contributed by atoms with E-state index in [1.807, 2.05) is 12.2 Å². The molecule has 0 aromatic heterocycles. The zero-order valence-corrected chi connectivity index (χ0v) is 5.72. The summed E-state index contributed by atoms with van der Waals surface area (Å²) in [6.07, 6.45) is 3.94. The molecule has 0 aromatic rings. The van der Waals surface area contributed by atoms with Crippen molar-refractivity contribution in [2.45, 2.75) is 10.6 Å². The Morgan fingerprint density at radius 2 is 1.71 bits per heavy atom. The summed E-state index contributed by atoms with van der Waals surface area (Å²) in [5.74, 6) is 0. The van der Waals surface area contributed by atoms with Crippen LogP contribution in [0.3, 0.4) is 0 Å². The monoisotopic (exact) mass is 113 g/mol. The Kier molecular flexibility index (Phi) is 6.02. The zero-order chi connectivity index (χ0) is 5.54. The lowest BCUT2D eigenvalue weighted by Crippen LogP contribution is -1.79. The van der Waals surface area contributed by atoms with Crippen molar-refractivity contribution in [2.24, 2.45) is 0 Å². The summed E-state index contributed by atoms with van der Waals surface area (Å²) < 4.78 is 0. The van der Waals surface area contributed by atoms with Crippen LogP contribution in [-0.2, 0) is 0 Å². The van der Waals surface area contributed by atoms with Gasteiger partial charge in [0.25, 0.3) is 0 Å². The first-order chi connectivity index (χ1) is 3.41. The van der Waals surface area contributed by atoms with Crippen molar-refractivity contribution in [3.8, 4) is 0 Å². The Bertz CT molecular complexity index is 56.1. The molecule has 0 aliphatic heterocycles. The first-order valence-electron chi connectivity index (χ1n) is 2.45. The Balaban J connectivity index is -0.000000180. The van der Waals surface area contributed by atoms with Gasteiger partial charge in [-0.25, -0.2) is 0 Å². The van der Waals surface area contributed by atoms with E-state index in [2.05, 4.69) is 13.2 Å². The molecule has 0 aromatic carbocycles. The van der Waals surface area contributed by atoms with Gasteiger partial charge in [-0.3, -0.25) is 0 Å². The lowest BCUT2D eigenvalue weighted by molar-refractivity contribution is 1.60. The SMILES string of the molecule is C=C[CH2][Al][CH2]C=C.[HH].[HH]. The number of rotatable bonds is 4. The average Bonchev–Trinajstić information content (AvgIpc) is 1.69. The first kappa shape index (κ1) is 7.01. The zero-order valence-electron chi connectivity index (χ0n) is 4.56. The van der Waals surface area contributed by atoms with Gasteiger partial charge in [0.05, 0.1) is 0 Å². The van der Waals surface area contributed by atoms with Crippen LogP contribution >= 0.6 is 0 Å². The van der Waals surface area contributed by atoms with Gasteiger partial charge in [0.15, 0.2) is 0 Å². The van der Waals surface area contributed by atoms with Crippen LogP contribution < -0.4 is 0 Å². The highest BCUT2D eigenvalue weighted by atomic mass is 27.1. The highest BCUT2D eigenvalue weighted by molar-refractivity contribution is 6.36. The summed E-state index contributed by atoms with van der Waals surface area (Å²) in [6, 6.07) is 0. The van der Waals surface area contributed by atoms with Crippen molar-refractivity contribution >= 4 is 15.2 Å². The van der Waals surface area contributed by atoms with E-state index in [1.54, 1.807) is 0 Å². The van der Waals surface area contributed by atoms with E-state index in [-0.39, 0.29) is 2.85 Å². The van der Waals surface area contributed by atoms with Crippen LogP contribution in [0.1, 0.15) is 2.85 Å². The fourth-order valence-electron chi connectivity index (χ4n) is 0.332. The number of hydrogen-bond donors (Lipinski definition) is 0. The van der Waals surface area contributed by atoms with Crippen molar-refractivity contribution in [1.82, 2.24) is 0 Å². The molecule has 1 radical (unpaired) electrons. The average molecular weight is 113 g/mol. The van der Waals surface area contributed by atoms with E-state index >= 15 is 0 Å². The second-order valence-corrected chi connectivity index (χ2v) is 2.86. The van der Waals surface area contributed by atoms with Crippen LogP contribution in [0.4, 0.5) is 0 Å². The van der Waals surface area contributed by atoms with Crippen LogP contribution in [0.15, 0.2) is 25.3 Å². The lowest BCUT2D eigenvalue weighted by Gasteiger charge is -1.80. The third-order valence-electron chi connectivity index (χ3n) is 0.667. The van der Waals surface area contributed by atoms with Gasteiger partial charge in [-0.2, -0.15) is 0 Å². The molecule has 1 heteroatoms. The van der Waals surface area contributed by atoms with E-state index in [0.717, 1.165) is 0 Å². The van der Waals surface area contributed by atoms with Gasteiger partial charge in [0, 0.05) is 2.85 Å². The normalized spacial score (nSPS) is 7.43. The largest absolute Gasteiger partial charge is 0.212 e. The van der Waals surface area contributed by atoms with E-state index in [9.17, 15) is 0 Å². The van der Waals surface area contributed by atoms with Gasteiger partial charge in [0.2, 0.25) is 15.2 Å². The quantitative estimate of drug-likeness (QED) is 0.298. The molecule has 0 aliphatic carbocycles. The maximum absolute atomic E-state index is 3.62. The van der Waals surface area contributed by atoms with Gasteiger partial charge in [-0.1, -0.05) is 10.6 Å². The molecule has 0 N–H and O–H groups in total. The van der Waals surface area contributed by atoms with E-state index in [4.69, 9.17) is 0 Å². The molecule has 0 saturated carbocycles. The number of hydrogen-bond acceptors (Lipinski definition) is 0. The maximum Gasteiger partial charge on any atom is 0.212 e. The van der Waals surface area contributed by atoms with Crippen molar-refractivity contribution in [3.05, 3.63) is 25.3 Å². The van der Waals surface area contributed by atoms with Crippen LogP contribution in [0, 0.1) is 0 Å². The van der Waals surface area contributed by atoms with Gasteiger partial charge in [-0.05, 0) is 0 Å². The summed E-state index contributed by atoms with van der Waals surface area (Å²) in [5, 5.41) is 2.40. The molecule has 0 aliphatic rings. The molecule has 0 rings (SSSR count). The molecule has 0 unspecified atom stereocenters. The third-order valence-corrected chi connectivity index (χ3v) is 2.00. The van der Waals surface area contributed by atoms with Crippen molar-refractivity contribution < 1.29 is 2.85 Å². The summed E-state index contributed by atoms with van der Waals surface area (Å²) in [5.41, 5.74) is 0. The minimum absolute atomic E-state index is 0. The van der Waals surface area contributed by atoms with Crippen molar-refractivity contribution in [3.63, 3.8) is 0 Å². The van der Waals surface area contributed by atoms with Gasteiger partial charge >= 0.3 is 0 Å². The molecule has 0 saturated heterocycles. The molecule has 0 amide bonds. The fraction of sp³-hybridized carbons (Fsp3) is 0.333. The Morgan fingerprint density at radius 1 is 1.29 bits per heavy atom. The summed E-state index contributed by atoms with van der Waals surface area (Å²) >= 11 is 0.586. The van der Waals surface area contributed by atoms with Crippen LogP contribution in [0.25, 0.3) is 0 Å². The highest BCUT2D eigenvalue weighted by Crippen LogP contribution is 1.84. The van der Waals surface area contributed by atoms with Crippen molar-refractivity contribution in [1.29, 1.82) is 0 Å². The molecule has 0 heterocycles. The predicted octanol–water partition coefficient (Wildman–Crippen LogP) is 2.39. The first-order valence-corrected chi connectivity index (χ1v) is 4.08. The van der Waals surface area contributed by atoms with Gasteiger partial charge in [0.1, 0.15) is 0 Å². The molecule has 41 valence electrons. The van der Waals surface area contributed by atoms with Gasteiger partial charge < -0.3 is 0 Å². The third kappa shape index (κ3) is 6.01. The minimum Gasteiger partial charge on any atom is -0.106 e. The molecule has 0 nitrogen and oxygen atoms in total. The van der Waals surface area contributed by atoms with Crippen LogP contribution in [0.5, 0.6) is 0 Å². The lowest BCUT2D eigenvalue weighted by atomic mass is 10.7. The molecular weight excluding hydrogens is 99.0 g/mol. The van der Waals surface area contributed by atoms with Crippen LogP contribution in [0.2, 0.25) is 10.6 Å². The fourth-order valence-corrected chi connectivity index (χ4v) is 0.996. The highest BCUT2D eigenvalue weighted by Gasteiger charge is 1.79.